The van der Waals surface area contributed by atoms with E-state index in [1.54, 1.807) is 173 Å². The molecule has 3 heterocycles. The van der Waals surface area contributed by atoms with Crippen LogP contribution in [0, 0.1) is 68.0 Å². The standard InChI is InChI=1S/2C33H48F2N4O7.C23H37F2N3O6/c2*1-31(2,3)25(38-30(44)46-32(4,5)6)28(42)39-17-20-23(33(20,7)8)24(39)27(41)37-21(16-22(34)35)26(40)36-15-14-18-10-12-19(13-11-18)29(43)45-9;1-21(2,3)16(27-20(33)34-22(4,5)6)18(30)28-10-11-14(23(11,7)8)15(28)17(29)26-12(19(31)32)9-13(24)25/h2*10-13,20-25H,14-17H2,1-9H3,(H,36,40)(H,37,41)(H,38,44);11-16H,9-10H2,1-8H3,(H,26,29)(H,27,33)(H,31,32)/t2*20?,21-,23?,24-,25+;11-,12-,14-,15-,16+/m000/s1. The summed E-state index contributed by atoms with van der Waals surface area (Å²) in [6, 6.07) is 2.07. The number of fused-ring (bicyclic) bond motifs is 3. The first-order valence-electron chi connectivity index (χ1n) is 42.4. The number of likely N-dealkylation sites (tertiary alicyclic amines) is 3. The lowest BCUT2D eigenvalue weighted by molar-refractivity contribution is -0.147. The molecule has 6 aliphatic rings. The molecule has 6 fully saturated rings. The highest BCUT2D eigenvalue weighted by atomic mass is 19.3. The van der Waals surface area contributed by atoms with Crippen LogP contribution >= 0.6 is 0 Å². The van der Waals surface area contributed by atoms with Gasteiger partial charge in [0.2, 0.25) is 66.5 Å². The van der Waals surface area contributed by atoms with Gasteiger partial charge >= 0.3 is 36.2 Å². The molecule has 0 spiro atoms. The van der Waals surface area contributed by atoms with Crippen molar-refractivity contribution in [2.45, 2.75) is 289 Å². The fourth-order valence-corrected chi connectivity index (χ4v) is 16.9. The third-order valence-corrected chi connectivity index (χ3v) is 23.9. The lowest BCUT2D eigenvalue weighted by atomic mass is 9.85. The molecule has 3 aliphatic heterocycles. The Labute approximate surface area is 734 Å². The van der Waals surface area contributed by atoms with Crippen LogP contribution in [-0.4, -0.2) is 241 Å². The number of piperidine rings is 3. The molecule has 0 aromatic heterocycles. The first-order valence-corrected chi connectivity index (χ1v) is 42.4. The number of nitrogens with one attached hydrogen (secondary N) is 8. The maximum Gasteiger partial charge on any atom is 0.408 e. The van der Waals surface area contributed by atoms with Crippen molar-refractivity contribution in [2.24, 2.45) is 68.0 Å². The van der Waals surface area contributed by atoms with Gasteiger partial charge in [0.1, 0.15) is 71.2 Å². The van der Waals surface area contributed by atoms with Crippen LogP contribution < -0.4 is 42.5 Å². The third kappa shape index (κ3) is 27.8. The highest BCUT2D eigenvalue weighted by Crippen LogP contribution is 2.67. The van der Waals surface area contributed by atoms with E-state index in [0.717, 1.165) is 11.1 Å². The second kappa shape index (κ2) is 40.5. The van der Waals surface area contributed by atoms with Crippen LogP contribution in [0.5, 0.6) is 0 Å². The maximum atomic E-state index is 14.0. The number of benzene rings is 2. The van der Waals surface area contributed by atoms with Gasteiger partial charge in [-0.2, -0.15) is 0 Å². The molecule has 0 radical (unpaired) electrons. The predicted molar refractivity (Wildman–Crippen MR) is 451 cm³/mol. The summed E-state index contributed by atoms with van der Waals surface area (Å²) in [6.45, 7) is 43.9. The first-order chi connectivity index (χ1) is 57.6. The van der Waals surface area contributed by atoms with E-state index in [0.29, 0.717) is 24.0 Å². The quantitative estimate of drug-likeness (QED) is 0.0208. The van der Waals surface area contributed by atoms with Crippen LogP contribution in [0.3, 0.4) is 0 Å². The van der Waals surface area contributed by atoms with Crippen LogP contribution in [0.1, 0.15) is 217 Å². The Morgan fingerprint density at radius 2 is 0.627 bits per heavy atom. The average Bonchev–Trinajstić information content (AvgIpc) is 1.53. The van der Waals surface area contributed by atoms with Crippen molar-refractivity contribution >= 4 is 83.4 Å². The topological polar surface area (TPSA) is 411 Å². The van der Waals surface area contributed by atoms with Crippen LogP contribution in [0.15, 0.2) is 48.5 Å². The number of carboxylic acids is 1. The monoisotopic (exact) mass is 1790 g/mol. The minimum Gasteiger partial charge on any atom is -0.480 e. The zero-order valence-corrected chi connectivity index (χ0v) is 77.4. The van der Waals surface area contributed by atoms with Gasteiger partial charge in [-0.05, 0) is 179 Å². The molecule has 2 aromatic rings. The molecule has 15 atom stereocenters. The van der Waals surface area contributed by atoms with Gasteiger partial charge < -0.3 is 86.0 Å². The zero-order valence-electron chi connectivity index (χ0n) is 77.4. The number of alkyl carbamates (subject to hydrolysis) is 3. The number of rotatable bonds is 29. The predicted octanol–water partition coefficient (Wildman–Crippen LogP) is 10.0. The van der Waals surface area contributed by atoms with E-state index in [1.807, 2.05) is 41.5 Å². The Hall–Kier alpha value is -10.0. The number of halogens is 6. The molecule has 3 aliphatic carbocycles. The molecule has 3 saturated heterocycles. The molecular weight excluding hydrogens is 1660 g/mol. The summed E-state index contributed by atoms with van der Waals surface area (Å²) in [5.41, 5.74) is -3.15. The number of nitrogens with zero attached hydrogens (tertiary/aromatic N) is 3. The van der Waals surface area contributed by atoms with E-state index in [4.69, 9.17) is 14.2 Å². The number of carboxylic acid groups (broad SMARTS) is 1. The van der Waals surface area contributed by atoms with Gasteiger partial charge in [-0.15, -0.1) is 0 Å². The number of hydrogen-bond donors (Lipinski definition) is 9. The fraction of sp³-hybridized carbons (Fsp3) is 0.708. The summed E-state index contributed by atoms with van der Waals surface area (Å²) in [7, 11) is 2.55. The van der Waals surface area contributed by atoms with Gasteiger partial charge in [0.15, 0.2) is 0 Å². The number of ether oxygens (including phenoxy) is 5. The van der Waals surface area contributed by atoms with Gasteiger partial charge in [-0.1, -0.05) is 128 Å². The Morgan fingerprint density at radius 1 is 0.389 bits per heavy atom. The summed E-state index contributed by atoms with van der Waals surface area (Å²) < 4.78 is 105. The summed E-state index contributed by atoms with van der Waals surface area (Å²) in [4.78, 5) is 185. The number of alkyl halides is 6. The van der Waals surface area contributed by atoms with Crippen LogP contribution in [0.4, 0.5) is 40.7 Å². The Balaban J connectivity index is 0.000000296. The third-order valence-electron chi connectivity index (χ3n) is 23.9. The van der Waals surface area contributed by atoms with Gasteiger partial charge in [-0.25, -0.2) is 55.1 Å². The molecule has 9 N–H and O–H groups in total. The van der Waals surface area contributed by atoms with Crippen molar-refractivity contribution in [3.05, 3.63) is 70.8 Å². The molecule has 8 rings (SSSR count). The molecule has 706 valence electrons. The van der Waals surface area contributed by atoms with Gasteiger partial charge in [0, 0.05) is 52.0 Å². The second-order valence-electron chi connectivity index (χ2n) is 41.4. The van der Waals surface area contributed by atoms with Crippen molar-refractivity contribution in [1.82, 2.24) is 57.2 Å². The number of methoxy groups -OCH3 is 2. The number of carbonyl (C=O) groups is 14. The van der Waals surface area contributed by atoms with E-state index < -0.39 is 209 Å². The van der Waals surface area contributed by atoms with Crippen molar-refractivity contribution < 1.29 is 122 Å². The molecule has 37 heteroatoms. The first kappa shape index (κ1) is 105. The summed E-state index contributed by atoms with van der Waals surface area (Å²) in [6.07, 6.45) is -13.2. The van der Waals surface area contributed by atoms with Crippen molar-refractivity contribution in [2.75, 3.05) is 46.9 Å². The highest BCUT2D eigenvalue weighted by Gasteiger charge is 2.73. The van der Waals surface area contributed by atoms with E-state index in [2.05, 4.69) is 52.0 Å². The van der Waals surface area contributed by atoms with Crippen LogP contribution in [0.2, 0.25) is 0 Å². The van der Waals surface area contributed by atoms with Crippen molar-refractivity contribution in [3.8, 4) is 0 Å². The molecular formula is C89H133F6N11O20. The number of esters is 2. The molecule has 3 saturated carbocycles. The van der Waals surface area contributed by atoms with Crippen molar-refractivity contribution in [1.29, 1.82) is 0 Å². The van der Waals surface area contributed by atoms with E-state index in [1.165, 1.54) is 28.9 Å². The van der Waals surface area contributed by atoms with E-state index in [-0.39, 0.29) is 84.5 Å². The number of aliphatic carboxylic acids is 1. The zero-order chi connectivity index (χ0) is 95.9. The molecule has 0 bridgehead atoms. The van der Waals surface area contributed by atoms with Gasteiger partial charge in [0.25, 0.3) is 0 Å². The van der Waals surface area contributed by atoms with Crippen LogP contribution in [0.25, 0.3) is 0 Å². The number of carbonyl (C=O) groups excluding carboxylic acids is 13. The van der Waals surface area contributed by atoms with E-state index in [9.17, 15) is 98.6 Å². The number of amides is 11. The Kier molecular flexibility index (Phi) is 33.7. The Bertz CT molecular complexity index is 4080. The normalized spacial score (nSPS) is 22.5. The summed E-state index contributed by atoms with van der Waals surface area (Å²) in [5, 5.41) is 29.6. The van der Waals surface area contributed by atoms with Crippen LogP contribution in [-0.2, 0) is 79.7 Å². The van der Waals surface area contributed by atoms with Crippen molar-refractivity contribution in [3.63, 3.8) is 0 Å². The van der Waals surface area contributed by atoms with Gasteiger partial charge in [0.05, 0.1) is 25.3 Å². The number of hydrogen-bond acceptors (Lipinski definition) is 19. The molecule has 4 unspecified atom stereocenters. The second-order valence-corrected chi connectivity index (χ2v) is 41.4. The molecule has 31 nitrogen and oxygen atoms in total. The smallest absolute Gasteiger partial charge is 0.408 e. The maximum absolute atomic E-state index is 14.0. The molecule has 2 aromatic carbocycles. The minimum absolute atomic E-state index is 0.00674. The Morgan fingerprint density at radius 3 is 0.841 bits per heavy atom. The molecule has 11 amide bonds. The average molecular weight is 1790 g/mol. The minimum atomic E-state index is -2.92. The summed E-state index contributed by atoms with van der Waals surface area (Å²) >= 11 is 0. The lowest BCUT2D eigenvalue weighted by Gasteiger charge is -2.38. The van der Waals surface area contributed by atoms with E-state index >= 15 is 0 Å². The summed E-state index contributed by atoms with van der Waals surface area (Å²) in [5.74, 6) is -8.55. The highest BCUT2D eigenvalue weighted by molar-refractivity contribution is 5.98. The molecule has 126 heavy (non-hydrogen) atoms. The largest absolute Gasteiger partial charge is 0.480 e. The van der Waals surface area contributed by atoms with Gasteiger partial charge in [-0.3, -0.25) is 38.4 Å². The lowest BCUT2D eigenvalue weighted by Crippen LogP contribution is -2.61. The fourth-order valence-electron chi connectivity index (χ4n) is 16.9. The SMILES string of the molecule is CC(C)(C)OC(=O)N[C@H](C(=O)N1C[C@H]2[C@@H]([C@H]1C(=O)N[C@@H](CC(F)F)C(=O)O)C2(C)C)C(C)(C)C.COC(=O)c1ccc(CCNC(=O)[C@H](CC(F)F)NC(=O)[C@@H]2C3C(CN2C(=O)[C@@H](NC(=O)OC(C)(C)C)C(C)(C)C)C3(C)C)cc1.COC(=O)c1ccc(CCNC(=O)[C@H](CC(F)F)NC(=O)[C@@H]2C3C(CN2C(=O)[C@@H](NC(=O)OC(C)(C)C)C(C)(C)C)C3(C)C)cc1.